The average molecular weight is 247 g/mol. The molecule has 0 aliphatic rings. The first-order chi connectivity index (χ1) is 8.76. The summed E-state index contributed by atoms with van der Waals surface area (Å²) in [5.41, 5.74) is 1.11. The third-order valence-corrected chi connectivity index (χ3v) is 2.97. The minimum absolute atomic E-state index is 0.225. The van der Waals surface area contributed by atoms with Gasteiger partial charge in [-0.25, -0.2) is 0 Å². The van der Waals surface area contributed by atoms with Crippen LogP contribution in [-0.2, 0) is 0 Å². The van der Waals surface area contributed by atoms with Crippen LogP contribution >= 0.6 is 0 Å². The fraction of sp³-hybridized carbons (Fsp3) is 0.467. The second-order valence-corrected chi connectivity index (χ2v) is 4.05. The molecule has 0 aliphatic carbocycles. The van der Waals surface area contributed by atoms with Crippen LogP contribution in [0.25, 0.3) is 0 Å². The van der Waals surface area contributed by atoms with E-state index >= 15 is 0 Å². The van der Waals surface area contributed by atoms with Gasteiger partial charge >= 0.3 is 0 Å². The van der Waals surface area contributed by atoms with Crippen molar-refractivity contribution < 1.29 is 9.47 Å². The first-order valence-electron chi connectivity index (χ1n) is 6.09. The van der Waals surface area contributed by atoms with E-state index in [1.54, 1.807) is 14.2 Å². The van der Waals surface area contributed by atoms with Crippen LogP contribution in [0.2, 0.25) is 0 Å². The predicted molar refractivity (Wildman–Crippen MR) is 74.0 cm³/mol. The quantitative estimate of drug-likeness (QED) is 0.593. The number of nitrogens with one attached hydrogen (secondary N) is 1. The lowest BCUT2D eigenvalue weighted by molar-refractivity contribution is 0.388. The van der Waals surface area contributed by atoms with Crippen LogP contribution in [0.5, 0.6) is 11.5 Å². The van der Waals surface area contributed by atoms with Gasteiger partial charge in [0.25, 0.3) is 0 Å². The molecule has 1 rings (SSSR count). The van der Waals surface area contributed by atoms with E-state index in [0.29, 0.717) is 0 Å². The lowest BCUT2D eigenvalue weighted by Crippen LogP contribution is -2.17. The van der Waals surface area contributed by atoms with Gasteiger partial charge in [0, 0.05) is 18.0 Å². The van der Waals surface area contributed by atoms with Gasteiger partial charge in [0.2, 0.25) is 0 Å². The SMILES string of the molecule is C#CCCCC(NC)c1cc(OC)ccc1OC. The molecular formula is C15H21NO2. The molecule has 1 N–H and O–H groups in total. The molecule has 0 heterocycles. The molecule has 3 heteroatoms. The molecule has 0 amide bonds. The van der Waals surface area contributed by atoms with E-state index in [9.17, 15) is 0 Å². The Morgan fingerprint density at radius 2 is 2.11 bits per heavy atom. The smallest absolute Gasteiger partial charge is 0.123 e. The van der Waals surface area contributed by atoms with E-state index in [1.165, 1.54) is 0 Å². The first-order valence-corrected chi connectivity index (χ1v) is 6.09. The van der Waals surface area contributed by atoms with Crippen molar-refractivity contribution in [3.05, 3.63) is 23.8 Å². The zero-order valence-corrected chi connectivity index (χ0v) is 11.3. The summed E-state index contributed by atoms with van der Waals surface area (Å²) in [7, 11) is 5.29. The highest BCUT2D eigenvalue weighted by Crippen LogP contribution is 2.31. The van der Waals surface area contributed by atoms with Gasteiger partial charge in [0.05, 0.1) is 14.2 Å². The topological polar surface area (TPSA) is 30.5 Å². The molecule has 0 saturated carbocycles. The summed E-state index contributed by atoms with van der Waals surface area (Å²) >= 11 is 0. The van der Waals surface area contributed by atoms with E-state index in [0.717, 1.165) is 36.3 Å². The first kappa shape index (κ1) is 14.4. The Morgan fingerprint density at radius 3 is 2.67 bits per heavy atom. The zero-order chi connectivity index (χ0) is 13.4. The highest BCUT2D eigenvalue weighted by atomic mass is 16.5. The Hall–Kier alpha value is -1.66. The maximum atomic E-state index is 5.40. The summed E-state index contributed by atoms with van der Waals surface area (Å²) < 4.78 is 10.7. The molecule has 1 atom stereocenters. The van der Waals surface area contributed by atoms with Crippen molar-refractivity contribution in [1.82, 2.24) is 5.32 Å². The molecule has 0 aromatic heterocycles. The third-order valence-electron chi connectivity index (χ3n) is 2.97. The number of rotatable bonds is 7. The molecule has 0 fully saturated rings. The molecule has 18 heavy (non-hydrogen) atoms. The van der Waals surface area contributed by atoms with Gasteiger partial charge in [0.1, 0.15) is 11.5 Å². The fourth-order valence-electron chi connectivity index (χ4n) is 1.98. The van der Waals surface area contributed by atoms with Crippen LogP contribution in [0.4, 0.5) is 0 Å². The molecule has 1 aromatic rings. The van der Waals surface area contributed by atoms with Gasteiger partial charge in [0.15, 0.2) is 0 Å². The minimum Gasteiger partial charge on any atom is -0.497 e. The second kappa shape index (κ2) is 7.62. The van der Waals surface area contributed by atoms with Crippen molar-refractivity contribution in [2.45, 2.75) is 25.3 Å². The molecule has 0 bridgehead atoms. The molecule has 0 spiro atoms. The second-order valence-electron chi connectivity index (χ2n) is 4.05. The largest absolute Gasteiger partial charge is 0.497 e. The highest BCUT2D eigenvalue weighted by molar-refractivity contribution is 5.42. The molecule has 1 unspecified atom stereocenters. The molecule has 0 radical (unpaired) electrons. The molecule has 3 nitrogen and oxygen atoms in total. The standard InChI is InChI=1S/C15H21NO2/c1-5-6-7-8-14(16-2)13-11-12(17-3)9-10-15(13)18-4/h1,9-11,14,16H,6-8H2,2-4H3. The van der Waals surface area contributed by atoms with E-state index < -0.39 is 0 Å². The normalized spacial score (nSPS) is 11.7. The van der Waals surface area contributed by atoms with Crippen LogP contribution in [0, 0.1) is 12.3 Å². The number of methoxy groups -OCH3 is 2. The van der Waals surface area contributed by atoms with Crippen LogP contribution < -0.4 is 14.8 Å². The van der Waals surface area contributed by atoms with Crippen molar-refractivity contribution in [3.8, 4) is 23.8 Å². The van der Waals surface area contributed by atoms with Crippen LogP contribution in [0.15, 0.2) is 18.2 Å². The van der Waals surface area contributed by atoms with Gasteiger partial charge in [-0.3, -0.25) is 0 Å². The molecule has 0 aliphatic heterocycles. The summed E-state index contributed by atoms with van der Waals surface area (Å²) in [5, 5.41) is 3.30. The van der Waals surface area contributed by atoms with Crippen LogP contribution in [-0.4, -0.2) is 21.3 Å². The summed E-state index contributed by atoms with van der Waals surface area (Å²) in [6, 6.07) is 6.06. The predicted octanol–water partition coefficient (Wildman–Crippen LogP) is 2.77. The zero-order valence-electron chi connectivity index (χ0n) is 11.3. The number of benzene rings is 1. The molecule has 98 valence electrons. The molecular weight excluding hydrogens is 226 g/mol. The highest BCUT2D eigenvalue weighted by Gasteiger charge is 2.15. The summed E-state index contributed by atoms with van der Waals surface area (Å²) in [4.78, 5) is 0. The van der Waals surface area contributed by atoms with E-state index in [4.69, 9.17) is 15.9 Å². The van der Waals surface area contributed by atoms with Gasteiger partial charge < -0.3 is 14.8 Å². The van der Waals surface area contributed by atoms with Crippen molar-refractivity contribution in [2.75, 3.05) is 21.3 Å². The Morgan fingerprint density at radius 1 is 1.33 bits per heavy atom. The number of unbranched alkanes of at least 4 members (excludes halogenated alkanes) is 1. The maximum Gasteiger partial charge on any atom is 0.123 e. The van der Waals surface area contributed by atoms with E-state index in [2.05, 4.69) is 11.2 Å². The van der Waals surface area contributed by atoms with Gasteiger partial charge in [-0.2, -0.15) is 0 Å². The summed E-state index contributed by atoms with van der Waals surface area (Å²) in [6.45, 7) is 0. The maximum absolute atomic E-state index is 5.40. The Labute approximate surface area is 109 Å². The minimum atomic E-state index is 0.225. The Balaban J connectivity index is 2.91. The molecule has 0 saturated heterocycles. The van der Waals surface area contributed by atoms with Crippen LogP contribution in [0.3, 0.4) is 0 Å². The number of terminal acetylenes is 1. The lowest BCUT2D eigenvalue weighted by Gasteiger charge is -2.19. The van der Waals surface area contributed by atoms with Crippen molar-refractivity contribution in [2.24, 2.45) is 0 Å². The number of hydrogen-bond acceptors (Lipinski definition) is 3. The van der Waals surface area contributed by atoms with E-state index in [-0.39, 0.29) is 6.04 Å². The molecule has 1 aromatic carbocycles. The van der Waals surface area contributed by atoms with E-state index in [1.807, 2.05) is 25.2 Å². The Bertz CT molecular complexity index is 409. The third kappa shape index (κ3) is 3.68. The summed E-state index contributed by atoms with van der Waals surface area (Å²) in [6.07, 6.45) is 8.04. The lowest BCUT2D eigenvalue weighted by atomic mass is 10.00. The number of hydrogen-bond donors (Lipinski definition) is 1. The van der Waals surface area contributed by atoms with Crippen LogP contribution in [0.1, 0.15) is 30.9 Å². The monoisotopic (exact) mass is 247 g/mol. The van der Waals surface area contributed by atoms with Crippen molar-refractivity contribution in [1.29, 1.82) is 0 Å². The van der Waals surface area contributed by atoms with Gasteiger partial charge in [-0.15, -0.1) is 12.3 Å². The summed E-state index contributed by atoms with van der Waals surface area (Å²) in [5.74, 6) is 4.37. The average Bonchev–Trinajstić information content (AvgIpc) is 2.43. The number of ether oxygens (including phenoxy) is 2. The van der Waals surface area contributed by atoms with Gasteiger partial charge in [-0.05, 0) is 38.1 Å². The van der Waals surface area contributed by atoms with Crippen molar-refractivity contribution in [3.63, 3.8) is 0 Å². The van der Waals surface area contributed by atoms with Gasteiger partial charge in [-0.1, -0.05) is 0 Å². The Kier molecular flexibility index (Phi) is 6.10. The fourth-order valence-corrected chi connectivity index (χ4v) is 1.98. The van der Waals surface area contributed by atoms with Crippen molar-refractivity contribution >= 4 is 0 Å².